The van der Waals surface area contributed by atoms with Crippen molar-refractivity contribution in [3.63, 3.8) is 0 Å². The van der Waals surface area contributed by atoms with Gasteiger partial charge < -0.3 is 29.7 Å². The monoisotopic (exact) mass is 542 g/mol. The number of guanidine groups is 1. The second kappa shape index (κ2) is 14.0. The Morgan fingerprint density at radius 1 is 0.871 bits per heavy atom. The molecule has 0 amide bonds. The first-order chi connectivity index (χ1) is 14.5. The van der Waals surface area contributed by atoms with Crippen LogP contribution < -0.4 is 24.8 Å². The molecule has 0 aliphatic rings. The standard InChI is InChI=1S/C23H34N4O3.HI/c1-7-24-23(25-14-17-8-10-18(11-9-17)16-27(2)3)26-15-19-12-20(28-4)22(30-6)21(13-19)29-5;/h8-13H,7,14-16H2,1-6H3,(H2,24,25,26);1H. The average Bonchev–Trinajstić information content (AvgIpc) is 2.75. The third kappa shape index (κ3) is 8.45. The number of methoxy groups -OCH3 is 3. The first-order valence-corrected chi connectivity index (χ1v) is 10.0. The van der Waals surface area contributed by atoms with Gasteiger partial charge in [-0.1, -0.05) is 24.3 Å². The highest BCUT2D eigenvalue weighted by Gasteiger charge is 2.13. The molecular formula is C23H35IN4O3. The number of aliphatic imine (C=N–C) groups is 1. The van der Waals surface area contributed by atoms with Crippen LogP contribution in [-0.2, 0) is 19.6 Å². The lowest BCUT2D eigenvalue weighted by Gasteiger charge is -2.15. The number of nitrogens with one attached hydrogen (secondary N) is 2. The van der Waals surface area contributed by atoms with Crippen molar-refractivity contribution in [2.45, 2.75) is 26.6 Å². The Morgan fingerprint density at radius 3 is 1.94 bits per heavy atom. The van der Waals surface area contributed by atoms with Gasteiger partial charge in [-0.05, 0) is 49.8 Å². The zero-order valence-corrected chi connectivity index (χ0v) is 21.7. The van der Waals surface area contributed by atoms with Crippen LogP contribution >= 0.6 is 24.0 Å². The average molecular weight is 542 g/mol. The summed E-state index contributed by atoms with van der Waals surface area (Å²) in [6.07, 6.45) is 0. The minimum absolute atomic E-state index is 0. The number of rotatable bonds is 10. The second-order valence-corrected chi connectivity index (χ2v) is 7.14. The highest BCUT2D eigenvalue weighted by Crippen LogP contribution is 2.38. The molecule has 0 saturated carbocycles. The maximum atomic E-state index is 5.42. The third-order valence-electron chi connectivity index (χ3n) is 4.47. The van der Waals surface area contributed by atoms with Crippen LogP contribution in [0.2, 0.25) is 0 Å². The molecule has 2 N–H and O–H groups in total. The van der Waals surface area contributed by atoms with Crippen molar-refractivity contribution in [3.05, 3.63) is 53.1 Å². The zero-order valence-electron chi connectivity index (χ0n) is 19.3. The van der Waals surface area contributed by atoms with E-state index in [1.54, 1.807) is 21.3 Å². The molecule has 31 heavy (non-hydrogen) atoms. The van der Waals surface area contributed by atoms with E-state index in [-0.39, 0.29) is 24.0 Å². The Morgan fingerprint density at radius 2 is 1.45 bits per heavy atom. The molecule has 2 rings (SSSR count). The summed E-state index contributed by atoms with van der Waals surface area (Å²) in [6.45, 7) is 4.94. The summed E-state index contributed by atoms with van der Waals surface area (Å²) >= 11 is 0. The van der Waals surface area contributed by atoms with Crippen molar-refractivity contribution >= 4 is 29.9 Å². The topological polar surface area (TPSA) is 67.4 Å². The van der Waals surface area contributed by atoms with E-state index in [0.29, 0.717) is 30.3 Å². The fourth-order valence-electron chi connectivity index (χ4n) is 3.05. The van der Waals surface area contributed by atoms with Gasteiger partial charge in [0.1, 0.15) is 0 Å². The molecule has 0 heterocycles. The summed E-state index contributed by atoms with van der Waals surface area (Å²) in [6, 6.07) is 12.5. The first-order valence-electron chi connectivity index (χ1n) is 10.0. The van der Waals surface area contributed by atoms with Crippen LogP contribution in [0.3, 0.4) is 0 Å². The molecule has 0 saturated heterocycles. The minimum atomic E-state index is 0. The number of hydrogen-bond donors (Lipinski definition) is 2. The van der Waals surface area contributed by atoms with E-state index in [0.717, 1.165) is 24.6 Å². The summed E-state index contributed by atoms with van der Waals surface area (Å²) in [5.74, 6) is 2.58. The van der Waals surface area contributed by atoms with Crippen molar-refractivity contribution in [1.29, 1.82) is 0 Å². The highest BCUT2D eigenvalue weighted by atomic mass is 127. The van der Waals surface area contributed by atoms with Gasteiger partial charge in [-0.25, -0.2) is 4.99 Å². The molecule has 0 fully saturated rings. The van der Waals surface area contributed by atoms with Crippen molar-refractivity contribution < 1.29 is 14.2 Å². The van der Waals surface area contributed by atoms with E-state index >= 15 is 0 Å². The Bertz CT molecular complexity index is 801. The van der Waals surface area contributed by atoms with Gasteiger partial charge in [0.05, 0.1) is 27.9 Å². The highest BCUT2D eigenvalue weighted by molar-refractivity contribution is 14.0. The summed E-state index contributed by atoms with van der Waals surface area (Å²) in [4.78, 5) is 6.86. The van der Waals surface area contributed by atoms with Crippen LogP contribution in [-0.4, -0.2) is 52.8 Å². The second-order valence-electron chi connectivity index (χ2n) is 7.14. The quantitative estimate of drug-likeness (QED) is 0.272. The maximum absolute atomic E-state index is 5.42. The lowest BCUT2D eigenvalue weighted by atomic mass is 10.1. The van der Waals surface area contributed by atoms with E-state index in [2.05, 4.69) is 53.9 Å². The molecule has 0 unspecified atom stereocenters. The third-order valence-corrected chi connectivity index (χ3v) is 4.47. The largest absolute Gasteiger partial charge is 0.493 e. The number of benzene rings is 2. The summed E-state index contributed by atoms with van der Waals surface area (Å²) in [7, 11) is 8.96. The molecule has 7 nitrogen and oxygen atoms in total. The Hall–Kier alpha value is -2.20. The van der Waals surface area contributed by atoms with Crippen molar-refractivity contribution in [1.82, 2.24) is 15.5 Å². The number of hydrogen-bond acceptors (Lipinski definition) is 5. The van der Waals surface area contributed by atoms with Crippen molar-refractivity contribution in [3.8, 4) is 17.2 Å². The van der Waals surface area contributed by atoms with Crippen LogP contribution in [0.1, 0.15) is 23.6 Å². The molecule has 0 bridgehead atoms. The van der Waals surface area contributed by atoms with Gasteiger partial charge in [0.15, 0.2) is 17.5 Å². The van der Waals surface area contributed by atoms with Crippen LogP contribution in [0.25, 0.3) is 0 Å². The molecule has 0 spiro atoms. The Labute approximate surface area is 203 Å². The van der Waals surface area contributed by atoms with Crippen LogP contribution in [0.5, 0.6) is 17.2 Å². The van der Waals surface area contributed by atoms with Crippen molar-refractivity contribution in [2.75, 3.05) is 42.0 Å². The summed E-state index contributed by atoms with van der Waals surface area (Å²) < 4.78 is 16.2. The predicted molar refractivity (Wildman–Crippen MR) is 137 cm³/mol. The normalized spacial score (nSPS) is 11.0. The molecule has 0 aliphatic carbocycles. The molecular weight excluding hydrogens is 507 g/mol. The van der Waals surface area contributed by atoms with Gasteiger partial charge in [0, 0.05) is 19.6 Å². The van der Waals surface area contributed by atoms with E-state index in [1.807, 2.05) is 19.1 Å². The lowest BCUT2D eigenvalue weighted by molar-refractivity contribution is 0.324. The number of ether oxygens (including phenoxy) is 3. The van der Waals surface area contributed by atoms with Gasteiger partial charge in [0.25, 0.3) is 0 Å². The minimum Gasteiger partial charge on any atom is -0.493 e. The first kappa shape index (κ1) is 26.8. The summed E-state index contributed by atoms with van der Waals surface area (Å²) in [5.41, 5.74) is 3.47. The zero-order chi connectivity index (χ0) is 21.9. The van der Waals surface area contributed by atoms with Gasteiger partial charge in [-0.3, -0.25) is 0 Å². The SMILES string of the molecule is CCNC(=NCc1cc(OC)c(OC)c(OC)c1)NCc1ccc(CN(C)C)cc1.I. The number of nitrogens with zero attached hydrogens (tertiary/aromatic N) is 2. The van der Waals surface area contributed by atoms with E-state index in [9.17, 15) is 0 Å². The van der Waals surface area contributed by atoms with E-state index in [4.69, 9.17) is 19.2 Å². The van der Waals surface area contributed by atoms with Gasteiger partial charge in [0.2, 0.25) is 5.75 Å². The molecule has 0 aromatic heterocycles. The molecule has 0 radical (unpaired) electrons. The fraction of sp³-hybridized carbons (Fsp3) is 0.435. The summed E-state index contributed by atoms with van der Waals surface area (Å²) in [5, 5.41) is 6.67. The Balaban J connectivity index is 0.00000480. The molecule has 0 atom stereocenters. The Kier molecular flexibility index (Phi) is 12.1. The van der Waals surface area contributed by atoms with Crippen LogP contribution in [0, 0.1) is 0 Å². The fourth-order valence-corrected chi connectivity index (χ4v) is 3.05. The number of halogens is 1. The van der Waals surface area contributed by atoms with Crippen molar-refractivity contribution in [2.24, 2.45) is 4.99 Å². The molecule has 2 aromatic carbocycles. The van der Waals surface area contributed by atoms with E-state index in [1.165, 1.54) is 11.1 Å². The van der Waals surface area contributed by atoms with Gasteiger partial charge >= 0.3 is 0 Å². The molecule has 8 heteroatoms. The van der Waals surface area contributed by atoms with Crippen LogP contribution in [0.4, 0.5) is 0 Å². The maximum Gasteiger partial charge on any atom is 0.203 e. The molecule has 2 aromatic rings. The van der Waals surface area contributed by atoms with Crippen LogP contribution in [0.15, 0.2) is 41.4 Å². The van der Waals surface area contributed by atoms with Gasteiger partial charge in [-0.15, -0.1) is 24.0 Å². The lowest BCUT2D eigenvalue weighted by Crippen LogP contribution is -2.36. The predicted octanol–water partition coefficient (Wildman–Crippen LogP) is 3.65. The van der Waals surface area contributed by atoms with E-state index < -0.39 is 0 Å². The smallest absolute Gasteiger partial charge is 0.203 e. The molecule has 0 aliphatic heterocycles. The van der Waals surface area contributed by atoms with Gasteiger partial charge in [-0.2, -0.15) is 0 Å². The molecule has 172 valence electrons.